The molecule has 1 heterocycles. The second-order valence-corrected chi connectivity index (χ2v) is 15.4. The maximum Gasteiger partial charge on any atom is 0.0991 e. The molecular weight excluding hydrogens is 703 g/mol. The molecule has 10 aromatic rings. The van der Waals surface area contributed by atoms with Gasteiger partial charge in [-0.15, -0.1) is 0 Å². The Balaban J connectivity index is 1.28. The highest BCUT2D eigenvalue weighted by atomic mass is 14.7. The Hall–Kier alpha value is -7.85. The Bertz CT molecular complexity index is 3480. The fourth-order valence-corrected chi connectivity index (χ4v) is 9.47. The monoisotopic (exact) mass is 735 g/mol. The van der Waals surface area contributed by atoms with E-state index in [1.807, 2.05) is 42.6 Å². The number of hydrogen-bond donors (Lipinski definition) is 0. The first-order valence-corrected chi connectivity index (χ1v) is 19.6. The van der Waals surface area contributed by atoms with Crippen LogP contribution in [0.15, 0.2) is 164 Å². The summed E-state index contributed by atoms with van der Waals surface area (Å²) >= 11 is 0. The molecule has 0 bridgehead atoms. The second kappa shape index (κ2) is 12.9. The van der Waals surface area contributed by atoms with Gasteiger partial charge in [-0.05, 0) is 190 Å². The molecule has 0 N–H and O–H groups in total. The number of nitriles is 2. The average Bonchev–Trinajstić information content (AvgIpc) is 3.59. The van der Waals surface area contributed by atoms with Crippen LogP contribution in [-0.2, 0) is 0 Å². The summed E-state index contributed by atoms with van der Waals surface area (Å²) in [6, 6.07) is 61.0. The molecule has 1 aromatic heterocycles. The van der Waals surface area contributed by atoms with Crippen molar-refractivity contribution in [1.29, 1.82) is 10.5 Å². The fraction of sp³-hybridized carbons (Fsp3) is 0.0364. The van der Waals surface area contributed by atoms with E-state index in [2.05, 4.69) is 147 Å². The summed E-state index contributed by atoms with van der Waals surface area (Å²) in [5, 5.41) is 29.1. The van der Waals surface area contributed by atoms with Gasteiger partial charge in [0.2, 0.25) is 0 Å². The van der Waals surface area contributed by atoms with Crippen molar-refractivity contribution in [2.24, 2.45) is 0 Å². The zero-order valence-corrected chi connectivity index (χ0v) is 31.9. The summed E-state index contributed by atoms with van der Waals surface area (Å²) in [5.74, 6) is 0. The topological polar surface area (TPSA) is 60.5 Å². The van der Waals surface area contributed by atoms with Gasteiger partial charge < -0.3 is 0 Å². The van der Waals surface area contributed by atoms with Crippen LogP contribution in [0, 0.1) is 36.5 Å². The van der Waals surface area contributed by atoms with Crippen molar-refractivity contribution in [3.8, 4) is 79.0 Å². The standard InChI is InChI=1S/C55H33N3/c1-32-23-34(30-56)14-17-38(32)46-27-52-48(41-19-16-37(25-45(41)46)54-13-6-7-22-58-54)26-47(39-18-15-35(31-57)24-33(39)2)51-29-50-44-21-20-40(36-9-4-3-5-10-36)42-11-8-12-43(55(42)44)49(50)28-53(51)52/h3-29H,1-2H3. The van der Waals surface area contributed by atoms with Crippen molar-refractivity contribution in [1.82, 2.24) is 4.98 Å². The largest absolute Gasteiger partial charge is 0.256 e. The molecule has 0 saturated carbocycles. The van der Waals surface area contributed by atoms with Crippen molar-refractivity contribution < 1.29 is 0 Å². The van der Waals surface area contributed by atoms with E-state index in [4.69, 9.17) is 4.98 Å². The van der Waals surface area contributed by atoms with Crippen LogP contribution in [0.5, 0.6) is 0 Å². The maximum atomic E-state index is 9.81. The van der Waals surface area contributed by atoms with Crippen LogP contribution in [0.25, 0.3) is 110 Å². The minimum Gasteiger partial charge on any atom is -0.256 e. The summed E-state index contributed by atoms with van der Waals surface area (Å²) in [6.07, 6.45) is 1.84. The summed E-state index contributed by atoms with van der Waals surface area (Å²) < 4.78 is 0. The van der Waals surface area contributed by atoms with Gasteiger partial charge >= 0.3 is 0 Å². The van der Waals surface area contributed by atoms with Gasteiger partial charge in [-0.1, -0.05) is 91.0 Å². The second-order valence-electron chi connectivity index (χ2n) is 15.4. The van der Waals surface area contributed by atoms with E-state index in [1.165, 1.54) is 54.9 Å². The predicted octanol–water partition coefficient (Wildman–Crippen LogP) is 14.4. The third kappa shape index (κ3) is 5.01. The van der Waals surface area contributed by atoms with Crippen molar-refractivity contribution in [2.45, 2.75) is 13.8 Å². The van der Waals surface area contributed by atoms with Crippen molar-refractivity contribution in [3.05, 3.63) is 186 Å². The van der Waals surface area contributed by atoms with Crippen LogP contribution in [0.1, 0.15) is 22.3 Å². The van der Waals surface area contributed by atoms with Gasteiger partial charge in [0.05, 0.1) is 29.0 Å². The van der Waals surface area contributed by atoms with Crippen molar-refractivity contribution in [2.75, 3.05) is 0 Å². The molecule has 0 atom stereocenters. The lowest BCUT2D eigenvalue weighted by molar-refractivity contribution is 1.33. The molecule has 0 aliphatic heterocycles. The van der Waals surface area contributed by atoms with Crippen LogP contribution in [0.4, 0.5) is 0 Å². The summed E-state index contributed by atoms with van der Waals surface area (Å²) in [6.45, 7) is 4.20. The molecule has 0 unspecified atom stereocenters. The van der Waals surface area contributed by atoms with Crippen LogP contribution in [-0.4, -0.2) is 4.98 Å². The quantitative estimate of drug-likeness (QED) is 0.169. The Kier molecular flexibility index (Phi) is 7.42. The molecule has 1 aliphatic rings. The van der Waals surface area contributed by atoms with E-state index >= 15 is 0 Å². The smallest absolute Gasteiger partial charge is 0.0991 e. The Morgan fingerprint density at radius 2 is 0.931 bits per heavy atom. The zero-order valence-electron chi connectivity index (χ0n) is 31.9. The van der Waals surface area contributed by atoms with Crippen LogP contribution >= 0.6 is 0 Å². The van der Waals surface area contributed by atoms with E-state index in [0.29, 0.717) is 11.1 Å². The molecule has 1 aliphatic carbocycles. The van der Waals surface area contributed by atoms with Crippen LogP contribution < -0.4 is 0 Å². The van der Waals surface area contributed by atoms with E-state index < -0.39 is 0 Å². The number of hydrogen-bond acceptors (Lipinski definition) is 3. The summed E-state index contributed by atoms with van der Waals surface area (Å²) in [4.78, 5) is 4.71. The molecule has 0 spiro atoms. The molecule has 268 valence electrons. The molecule has 58 heavy (non-hydrogen) atoms. The lowest BCUT2D eigenvalue weighted by atomic mass is 9.84. The van der Waals surface area contributed by atoms with Crippen LogP contribution in [0.2, 0.25) is 0 Å². The normalized spacial score (nSPS) is 11.6. The Morgan fingerprint density at radius 3 is 1.59 bits per heavy atom. The van der Waals surface area contributed by atoms with Gasteiger partial charge in [0, 0.05) is 11.8 Å². The van der Waals surface area contributed by atoms with E-state index in [9.17, 15) is 10.5 Å². The molecule has 11 rings (SSSR count). The fourth-order valence-electron chi connectivity index (χ4n) is 9.47. The molecule has 9 aromatic carbocycles. The highest BCUT2D eigenvalue weighted by Gasteiger charge is 2.26. The molecule has 0 fully saturated rings. The number of aryl methyl sites for hydroxylation is 2. The first-order chi connectivity index (χ1) is 28.5. The molecular formula is C55H33N3. The molecule has 3 nitrogen and oxygen atoms in total. The predicted molar refractivity (Wildman–Crippen MR) is 239 cm³/mol. The van der Waals surface area contributed by atoms with Gasteiger partial charge in [-0.2, -0.15) is 10.5 Å². The SMILES string of the molecule is Cc1cc(C#N)ccc1-c1cc2c3cc4c(cc3c(-c3ccc(C#N)cc3C)cc2c2ccc(-c3ccccn3)cc12)-c1ccc(-c2ccccc2)c2cccc-4c12. The van der Waals surface area contributed by atoms with Crippen molar-refractivity contribution >= 4 is 43.1 Å². The third-order valence-electron chi connectivity index (χ3n) is 12.2. The molecule has 0 amide bonds. The number of nitrogens with zero attached hydrogens (tertiary/aromatic N) is 3. The van der Waals surface area contributed by atoms with Gasteiger partial charge in [-0.3, -0.25) is 4.98 Å². The van der Waals surface area contributed by atoms with Gasteiger partial charge in [0.15, 0.2) is 0 Å². The number of fused-ring (bicyclic) bond motifs is 8. The van der Waals surface area contributed by atoms with Gasteiger partial charge in [-0.25, -0.2) is 0 Å². The number of pyridine rings is 1. The van der Waals surface area contributed by atoms with E-state index in [0.717, 1.165) is 66.2 Å². The lowest BCUT2D eigenvalue weighted by Gasteiger charge is -2.19. The average molecular weight is 736 g/mol. The zero-order chi connectivity index (χ0) is 39.1. The summed E-state index contributed by atoms with van der Waals surface area (Å²) in [5.41, 5.74) is 17.2. The lowest BCUT2D eigenvalue weighted by Crippen LogP contribution is -1.94. The van der Waals surface area contributed by atoms with Gasteiger partial charge in [0.1, 0.15) is 0 Å². The first-order valence-electron chi connectivity index (χ1n) is 19.6. The maximum absolute atomic E-state index is 9.81. The summed E-state index contributed by atoms with van der Waals surface area (Å²) in [7, 11) is 0. The highest BCUT2D eigenvalue weighted by molar-refractivity contribution is 6.28. The molecule has 0 radical (unpaired) electrons. The Morgan fingerprint density at radius 1 is 0.362 bits per heavy atom. The number of rotatable bonds is 4. The van der Waals surface area contributed by atoms with E-state index in [-0.39, 0.29) is 0 Å². The molecule has 0 saturated heterocycles. The number of benzene rings is 9. The van der Waals surface area contributed by atoms with Crippen LogP contribution in [0.3, 0.4) is 0 Å². The molecule has 3 heteroatoms. The van der Waals surface area contributed by atoms with E-state index in [1.54, 1.807) is 0 Å². The minimum atomic E-state index is 0.646. The van der Waals surface area contributed by atoms with Crippen molar-refractivity contribution in [3.63, 3.8) is 0 Å². The highest BCUT2D eigenvalue weighted by Crippen LogP contribution is 2.53. The first kappa shape index (κ1) is 33.5. The minimum absolute atomic E-state index is 0.646. The third-order valence-corrected chi connectivity index (χ3v) is 12.2. The Labute approximate surface area is 336 Å². The number of aromatic nitrogens is 1. The van der Waals surface area contributed by atoms with Gasteiger partial charge in [0.25, 0.3) is 0 Å².